The summed E-state index contributed by atoms with van der Waals surface area (Å²) < 4.78 is 0. The summed E-state index contributed by atoms with van der Waals surface area (Å²) in [5.74, 6) is 0. The van der Waals surface area contributed by atoms with Crippen LogP contribution in [0.3, 0.4) is 0 Å². The number of fused-ring (bicyclic) bond motifs is 1. The molecule has 1 nitrogen and oxygen atoms in total. The summed E-state index contributed by atoms with van der Waals surface area (Å²) in [4.78, 5) is 10.8. The molecule has 0 N–H and O–H groups in total. The Kier molecular flexibility index (Phi) is 2.11. The molecular weight excluding hydrogens is 188 g/mol. The maximum atomic E-state index is 10.8. The van der Waals surface area contributed by atoms with Crippen molar-refractivity contribution in [1.82, 2.24) is 0 Å². The third-order valence-corrected chi connectivity index (χ3v) is 5.11. The molecule has 0 fully saturated rings. The maximum Gasteiger partial charge on any atom is 0.150 e. The molecule has 2 rings (SSSR count). The van der Waals surface area contributed by atoms with E-state index in [9.17, 15) is 4.79 Å². The van der Waals surface area contributed by atoms with E-state index in [0.29, 0.717) is 0 Å². The van der Waals surface area contributed by atoms with Crippen LogP contribution in [-0.2, 0) is 12.8 Å². The van der Waals surface area contributed by atoms with Gasteiger partial charge in [-0.05, 0) is 24.0 Å². The summed E-state index contributed by atoms with van der Waals surface area (Å²) in [7, 11) is -1.21. The van der Waals surface area contributed by atoms with Crippen molar-refractivity contribution in [3.63, 3.8) is 0 Å². The summed E-state index contributed by atoms with van der Waals surface area (Å²) in [5, 5.41) is 1.55. The zero-order valence-corrected chi connectivity index (χ0v) is 10.1. The average molecular weight is 204 g/mol. The zero-order valence-electron chi connectivity index (χ0n) is 9.05. The first-order chi connectivity index (χ1) is 6.54. The van der Waals surface area contributed by atoms with Crippen LogP contribution in [0.2, 0.25) is 19.6 Å². The Hall–Kier alpha value is -0.893. The van der Waals surface area contributed by atoms with Crippen molar-refractivity contribution in [2.75, 3.05) is 0 Å². The number of hydrogen-bond acceptors (Lipinski definition) is 1. The van der Waals surface area contributed by atoms with E-state index in [1.54, 1.807) is 5.19 Å². The number of carbonyl (C=O) groups is 1. The molecule has 14 heavy (non-hydrogen) atoms. The van der Waals surface area contributed by atoms with Crippen LogP contribution in [0.1, 0.15) is 21.5 Å². The fourth-order valence-electron chi connectivity index (χ4n) is 2.18. The van der Waals surface area contributed by atoms with Gasteiger partial charge in [0.05, 0.1) is 8.07 Å². The molecule has 2 heteroatoms. The molecule has 1 aromatic rings. The second-order valence-corrected chi connectivity index (χ2v) is 10.1. The third-order valence-electron chi connectivity index (χ3n) is 3.03. The van der Waals surface area contributed by atoms with E-state index in [0.717, 1.165) is 18.3 Å². The molecule has 0 aromatic heterocycles. The molecule has 1 aromatic carbocycles. The number of hydrogen-bond donors (Lipinski definition) is 0. The monoisotopic (exact) mass is 204 g/mol. The van der Waals surface area contributed by atoms with Crippen LogP contribution in [0, 0.1) is 0 Å². The number of aldehydes is 1. The minimum absolute atomic E-state index is 0.910. The van der Waals surface area contributed by atoms with Crippen molar-refractivity contribution >= 4 is 19.5 Å². The summed E-state index contributed by atoms with van der Waals surface area (Å²) in [6.45, 7) is 7.09. The van der Waals surface area contributed by atoms with E-state index in [2.05, 4.69) is 25.7 Å². The number of carbonyl (C=O) groups excluding carboxylic acids is 1. The van der Waals surface area contributed by atoms with Crippen LogP contribution in [0.4, 0.5) is 0 Å². The number of benzene rings is 1. The van der Waals surface area contributed by atoms with Crippen LogP contribution >= 0.6 is 0 Å². The summed E-state index contributed by atoms with van der Waals surface area (Å²) >= 11 is 0. The van der Waals surface area contributed by atoms with E-state index >= 15 is 0 Å². The lowest BCUT2D eigenvalue weighted by Gasteiger charge is -2.30. The van der Waals surface area contributed by atoms with E-state index in [1.807, 2.05) is 6.07 Å². The Morgan fingerprint density at radius 1 is 1.14 bits per heavy atom. The van der Waals surface area contributed by atoms with Crippen molar-refractivity contribution in [1.29, 1.82) is 0 Å². The first-order valence-corrected chi connectivity index (χ1v) is 8.64. The predicted molar refractivity (Wildman–Crippen MR) is 62.2 cm³/mol. The fourth-order valence-corrected chi connectivity index (χ4v) is 3.94. The van der Waals surface area contributed by atoms with Crippen LogP contribution in [0.5, 0.6) is 0 Å². The van der Waals surface area contributed by atoms with Gasteiger partial charge in [0.15, 0.2) is 0 Å². The molecule has 0 saturated carbocycles. The molecule has 0 bridgehead atoms. The average Bonchev–Trinajstić information content (AvgIpc) is 2.03. The van der Waals surface area contributed by atoms with Crippen LogP contribution in [-0.4, -0.2) is 14.4 Å². The van der Waals surface area contributed by atoms with Gasteiger partial charge in [0, 0.05) is 5.56 Å². The van der Waals surface area contributed by atoms with Gasteiger partial charge in [0.1, 0.15) is 6.29 Å². The number of rotatable bonds is 2. The minimum atomic E-state index is -1.21. The van der Waals surface area contributed by atoms with Gasteiger partial charge in [-0.3, -0.25) is 4.79 Å². The van der Waals surface area contributed by atoms with E-state index in [1.165, 1.54) is 17.5 Å². The summed E-state index contributed by atoms with van der Waals surface area (Å²) in [6, 6.07) is 4.17. The normalized spacial score (nSPS) is 14.5. The fraction of sp³-hybridized carbons (Fsp3) is 0.417. The van der Waals surface area contributed by atoms with E-state index in [4.69, 9.17) is 0 Å². The SMILES string of the molecule is C[Si](C)(C)c1ccc(C=O)c2c1CC2. The van der Waals surface area contributed by atoms with Gasteiger partial charge >= 0.3 is 0 Å². The van der Waals surface area contributed by atoms with Crippen molar-refractivity contribution in [2.45, 2.75) is 32.5 Å². The highest BCUT2D eigenvalue weighted by Crippen LogP contribution is 2.26. The standard InChI is InChI=1S/C12H16OSi/c1-14(2,3)12-7-4-9(8-13)10-5-6-11(10)12/h4,7-8H,5-6H2,1-3H3. The molecule has 0 amide bonds. The maximum absolute atomic E-state index is 10.8. The molecule has 1 aliphatic rings. The Bertz CT molecular complexity index is 388. The van der Waals surface area contributed by atoms with Crippen molar-refractivity contribution < 1.29 is 4.79 Å². The van der Waals surface area contributed by atoms with Gasteiger partial charge in [0.25, 0.3) is 0 Å². The van der Waals surface area contributed by atoms with Crippen molar-refractivity contribution in [3.05, 3.63) is 28.8 Å². The lowest BCUT2D eigenvalue weighted by Crippen LogP contribution is -2.43. The summed E-state index contributed by atoms with van der Waals surface area (Å²) in [6.07, 6.45) is 3.27. The quantitative estimate of drug-likeness (QED) is 0.533. The molecule has 0 aliphatic heterocycles. The highest BCUT2D eigenvalue weighted by Gasteiger charge is 2.27. The lowest BCUT2D eigenvalue weighted by atomic mass is 9.85. The minimum Gasteiger partial charge on any atom is -0.298 e. The highest BCUT2D eigenvalue weighted by atomic mass is 28.3. The molecule has 0 spiro atoms. The molecule has 0 saturated heterocycles. The molecule has 0 unspecified atom stereocenters. The van der Waals surface area contributed by atoms with Gasteiger partial charge in [0.2, 0.25) is 0 Å². The Labute approximate surface area is 86.2 Å². The smallest absolute Gasteiger partial charge is 0.150 e. The van der Waals surface area contributed by atoms with E-state index in [-0.39, 0.29) is 0 Å². The zero-order chi connectivity index (χ0) is 10.3. The van der Waals surface area contributed by atoms with Crippen molar-refractivity contribution in [2.24, 2.45) is 0 Å². The molecule has 0 atom stereocenters. The molecule has 74 valence electrons. The molecule has 1 aliphatic carbocycles. The van der Waals surface area contributed by atoms with E-state index < -0.39 is 8.07 Å². The highest BCUT2D eigenvalue weighted by molar-refractivity contribution is 6.89. The Morgan fingerprint density at radius 2 is 1.79 bits per heavy atom. The summed E-state index contributed by atoms with van der Waals surface area (Å²) in [5.41, 5.74) is 3.71. The Morgan fingerprint density at radius 3 is 2.21 bits per heavy atom. The van der Waals surface area contributed by atoms with Gasteiger partial charge in [-0.1, -0.05) is 37.0 Å². The largest absolute Gasteiger partial charge is 0.298 e. The van der Waals surface area contributed by atoms with Crippen molar-refractivity contribution in [3.8, 4) is 0 Å². The molecule has 0 radical (unpaired) electrons. The van der Waals surface area contributed by atoms with Gasteiger partial charge < -0.3 is 0 Å². The van der Waals surface area contributed by atoms with Gasteiger partial charge in [-0.25, -0.2) is 0 Å². The second-order valence-electron chi connectivity index (χ2n) is 5.03. The first kappa shape index (κ1) is 9.65. The first-order valence-electron chi connectivity index (χ1n) is 5.14. The van der Waals surface area contributed by atoms with Gasteiger partial charge in [-0.15, -0.1) is 0 Å². The predicted octanol–water partition coefficient (Wildman–Crippen LogP) is 2.14. The topological polar surface area (TPSA) is 17.1 Å². The van der Waals surface area contributed by atoms with Gasteiger partial charge in [-0.2, -0.15) is 0 Å². The van der Waals surface area contributed by atoms with Crippen LogP contribution in [0.15, 0.2) is 12.1 Å². The second kappa shape index (κ2) is 3.06. The Balaban J connectivity index is 2.57. The van der Waals surface area contributed by atoms with Crippen LogP contribution < -0.4 is 5.19 Å². The molecular formula is C12H16OSi. The molecule has 0 heterocycles. The van der Waals surface area contributed by atoms with Crippen LogP contribution in [0.25, 0.3) is 0 Å². The third kappa shape index (κ3) is 1.34. The lowest BCUT2D eigenvalue weighted by molar-refractivity contribution is 0.112.